The largest absolute Gasteiger partial charge is 0.489 e. The van der Waals surface area contributed by atoms with Gasteiger partial charge in [-0.2, -0.15) is 0 Å². The van der Waals surface area contributed by atoms with Crippen LogP contribution in [0.2, 0.25) is 0 Å². The number of ketones is 2. The van der Waals surface area contributed by atoms with Crippen LogP contribution in [0, 0.1) is 0 Å². The average Bonchev–Trinajstić information content (AvgIpc) is 2.28. The second kappa shape index (κ2) is 4.96. The first-order valence-electron chi connectivity index (χ1n) is 5.31. The van der Waals surface area contributed by atoms with E-state index in [2.05, 4.69) is 0 Å². The van der Waals surface area contributed by atoms with Gasteiger partial charge in [0.25, 0.3) is 0 Å². The van der Waals surface area contributed by atoms with Crippen LogP contribution < -0.4 is 0 Å². The van der Waals surface area contributed by atoms with E-state index in [0.717, 1.165) is 0 Å². The van der Waals surface area contributed by atoms with E-state index < -0.39 is 0 Å². The monoisotopic (exact) mass is 224 g/mol. The Morgan fingerprint density at radius 2 is 1.12 bits per heavy atom. The third-order valence-corrected chi connectivity index (χ3v) is 2.35. The topological polar surface area (TPSA) is 52.6 Å². The van der Waals surface area contributed by atoms with Gasteiger partial charge in [0.15, 0.2) is 11.5 Å². The van der Waals surface area contributed by atoms with Crippen molar-refractivity contribution in [1.29, 1.82) is 0 Å². The van der Waals surface area contributed by atoms with Crippen molar-refractivity contribution >= 4 is 11.6 Å². The molecular weight excluding hydrogens is 208 g/mol. The molecule has 0 atom stereocenters. The smallest absolute Gasteiger partial charge is 0.227 e. The molecule has 0 aromatic carbocycles. The molecule has 0 spiro atoms. The van der Waals surface area contributed by atoms with E-state index in [4.69, 9.17) is 9.47 Å². The molecule has 1 aliphatic carbocycles. The molecule has 0 radical (unpaired) electrons. The predicted molar refractivity (Wildman–Crippen MR) is 58.7 cm³/mol. The highest BCUT2D eigenvalue weighted by Gasteiger charge is 2.32. The van der Waals surface area contributed by atoms with E-state index in [0.29, 0.717) is 24.4 Å². The van der Waals surface area contributed by atoms with Crippen molar-refractivity contribution in [2.45, 2.75) is 27.7 Å². The first-order chi connectivity index (χ1) is 7.54. The number of rotatable bonds is 4. The number of Topliss-reactive ketones (excluding diaryl/α,β-unsaturated/α-hetero) is 2. The number of ether oxygens (including phenoxy) is 2. The molecule has 0 aliphatic heterocycles. The molecule has 16 heavy (non-hydrogen) atoms. The lowest BCUT2D eigenvalue weighted by molar-refractivity contribution is -0.121. The van der Waals surface area contributed by atoms with Crippen LogP contribution in [0.1, 0.15) is 27.7 Å². The normalized spacial score (nSPS) is 17.0. The summed E-state index contributed by atoms with van der Waals surface area (Å²) in [6.07, 6.45) is 0. The molecule has 0 aromatic rings. The quantitative estimate of drug-likeness (QED) is 0.683. The Morgan fingerprint density at radius 1 is 0.812 bits per heavy atom. The summed E-state index contributed by atoms with van der Waals surface area (Å²) in [7, 11) is 0. The van der Waals surface area contributed by atoms with Crippen LogP contribution in [-0.4, -0.2) is 24.8 Å². The summed E-state index contributed by atoms with van der Waals surface area (Å²) in [5.41, 5.74) is 0.641. The number of carbonyl (C=O) groups is 2. The molecule has 0 N–H and O–H groups in total. The number of hydrogen-bond donors (Lipinski definition) is 0. The van der Waals surface area contributed by atoms with Gasteiger partial charge in [0.1, 0.15) is 0 Å². The molecule has 0 unspecified atom stereocenters. The third kappa shape index (κ3) is 2.01. The SMILES string of the molecule is CCOC1=C(C)C(=O)C(OCC)=C(C)C1=O. The van der Waals surface area contributed by atoms with Gasteiger partial charge in [-0.1, -0.05) is 0 Å². The zero-order chi connectivity index (χ0) is 12.3. The van der Waals surface area contributed by atoms with Crippen molar-refractivity contribution in [2.24, 2.45) is 0 Å². The maximum absolute atomic E-state index is 11.9. The summed E-state index contributed by atoms with van der Waals surface area (Å²) < 4.78 is 10.4. The predicted octanol–water partition coefficient (Wildman–Crippen LogP) is 1.76. The van der Waals surface area contributed by atoms with Gasteiger partial charge in [0, 0.05) is 11.1 Å². The molecule has 88 valence electrons. The first-order valence-corrected chi connectivity index (χ1v) is 5.31. The van der Waals surface area contributed by atoms with Crippen molar-refractivity contribution in [3.63, 3.8) is 0 Å². The third-order valence-electron chi connectivity index (χ3n) is 2.35. The molecule has 0 aromatic heterocycles. The second-order valence-corrected chi connectivity index (χ2v) is 3.43. The highest BCUT2D eigenvalue weighted by Crippen LogP contribution is 2.25. The molecule has 0 bridgehead atoms. The van der Waals surface area contributed by atoms with Crippen LogP contribution in [0.15, 0.2) is 22.7 Å². The van der Waals surface area contributed by atoms with Gasteiger partial charge in [-0.25, -0.2) is 0 Å². The lowest BCUT2D eigenvalue weighted by Crippen LogP contribution is -2.24. The summed E-state index contributed by atoms with van der Waals surface area (Å²) in [6.45, 7) is 7.43. The van der Waals surface area contributed by atoms with Gasteiger partial charge < -0.3 is 9.47 Å². The maximum atomic E-state index is 11.9. The molecule has 4 nitrogen and oxygen atoms in total. The van der Waals surface area contributed by atoms with E-state index in [1.165, 1.54) is 0 Å². The van der Waals surface area contributed by atoms with Crippen LogP contribution in [0.3, 0.4) is 0 Å². The van der Waals surface area contributed by atoms with E-state index in [1.807, 2.05) is 0 Å². The second-order valence-electron chi connectivity index (χ2n) is 3.43. The molecule has 0 fully saturated rings. The molecule has 0 heterocycles. The summed E-state index contributed by atoms with van der Waals surface area (Å²) in [4.78, 5) is 23.8. The first kappa shape index (κ1) is 12.5. The van der Waals surface area contributed by atoms with Gasteiger partial charge in [-0.3, -0.25) is 9.59 Å². The highest BCUT2D eigenvalue weighted by atomic mass is 16.5. The van der Waals surface area contributed by atoms with Gasteiger partial charge >= 0.3 is 0 Å². The summed E-state index contributed by atoms with van der Waals surface area (Å²) in [6, 6.07) is 0. The maximum Gasteiger partial charge on any atom is 0.227 e. The van der Waals surface area contributed by atoms with Gasteiger partial charge in [-0.15, -0.1) is 0 Å². The minimum absolute atomic E-state index is 0.147. The Labute approximate surface area is 94.9 Å². The van der Waals surface area contributed by atoms with E-state index in [1.54, 1.807) is 27.7 Å². The fourth-order valence-electron chi connectivity index (χ4n) is 1.52. The summed E-state index contributed by atoms with van der Waals surface area (Å²) >= 11 is 0. The Bertz CT molecular complexity index is 350. The Hall–Kier alpha value is -1.58. The van der Waals surface area contributed by atoms with Crippen molar-refractivity contribution in [2.75, 3.05) is 13.2 Å². The van der Waals surface area contributed by atoms with E-state index in [9.17, 15) is 9.59 Å². The minimum Gasteiger partial charge on any atom is -0.489 e. The molecule has 0 saturated carbocycles. The number of carbonyl (C=O) groups excluding carboxylic acids is 2. The molecule has 0 amide bonds. The van der Waals surface area contributed by atoms with Crippen LogP contribution >= 0.6 is 0 Å². The van der Waals surface area contributed by atoms with Crippen LogP contribution in [0.5, 0.6) is 0 Å². The number of allylic oxidation sites excluding steroid dienone is 2. The molecule has 1 rings (SSSR count). The number of hydrogen-bond acceptors (Lipinski definition) is 4. The molecule has 1 aliphatic rings. The van der Waals surface area contributed by atoms with Gasteiger partial charge in [0.2, 0.25) is 11.6 Å². The van der Waals surface area contributed by atoms with Gasteiger partial charge in [0.05, 0.1) is 13.2 Å². The zero-order valence-corrected chi connectivity index (χ0v) is 10.0. The van der Waals surface area contributed by atoms with E-state index in [-0.39, 0.29) is 23.1 Å². The lowest BCUT2D eigenvalue weighted by Gasteiger charge is -2.19. The summed E-state index contributed by atoms with van der Waals surface area (Å²) in [5, 5.41) is 0. The molecule has 0 saturated heterocycles. The average molecular weight is 224 g/mol. The fraction of sp³-hybridized carbons (Fsp3) is 0.500. The van der Waals surface area contributed by atoms with E-state index >= 15 is 0 Å². The standard InChI is InChI=1S/C12H16O4/c1-5-15-11-7(3)10(14)12(16-6-2)8(4)9(11)13/h5-6H2,1-4H3. The highest BCUT2D eigenvalue weighted by molar-refractivity contribution is 6.23. The summed E-state index contributed by atoms with van der Waals surface area (Å²) in [5.74, 6) is -0.230. The fourth-order valence-corrected chi connectivity index (χ4v) is 1.52. The lowest BCUT2D eigenvalue weighted by atomic mass is 9.95. The minimum atomic E-state index is -0.262. The molecule has 4 heteroatoms. The Balaban J connectivity index is 3.15. The zero-order valence-electron chi connectivity index (χ0n) is 10.0. The van der Waals surface area contributed by atoms with Crippen LogP contribution in [0.25, 0.3) is 0 Å². The van der Waals surface area contributed by atoms with Crippen LogP contribution in [-0.2, 0) is 19.1 Å². The van der Waals surface area contributed by atoms with Gasteiger partial charge in [-0.05, 0) is 27.7 Å². The van der Waals surface area contributed by atoms with Crippen molar-refractivity contribution in [1.82, 2.24) is 0 Å². The Morgan fingerprint density at radius 3 is 1.38 bits per heavy atom. The van der Waals surface area contributed by atoms with Crippen molar-refractivity contribution < 1.29 is 19.1 Å². The molecular formula is C12H16O4. The Kier molecular flexibility index (Phi) is 3.88. The van der Waals surface area contributed by atoms with Crippen molar-refractivity contribution in [3.8, 4) is 0 Å². The van der Waals surface area contributed by atoms with Crippen LogP contribution in [0.4, 0.5) is 0 Å². The van der Waals surface area contributed by atoms with Crippen molar-refractivity contribution in [3.05, 3.63) is 22.7 Å².